The van der Waals surface area contributed by atoms with Crippen LogP contribution in [0.15, 0.2) is 0 Å². The number of carboxylic acid groups (broad SMARTS) is 2. The van der Waals surface area contributed by atoms with Gasteiger partial charge in [-0.25, -0.2) is 9.59 Å². The van der Waals surface area contributed by atoms with Crippen LogP contribution in [0.4, 0.5) is 0 Å². The van der Waals surface area contributed by atoms with E-state index in [0.29, 0.717) is 0 Å². The van der Waals surface area contributed by atoms with E-state index in [-0.39, 0.29) is 26.2 Å². The third kappa shape index (κ3) is 17.9. The zero-order chi connectivity index (χ0) is 7.15. The van der Waals surface area contributed by atoms with E-state index in [0.717, 1.165) is 17.4 Å². The Balaban J connectivity index is -0.000000109. The topological polar surface area (TPSA) is 91.7 Å². The SMILES string of the molecule is O=C(O)C(=O)O.[BiH3].[O]=[V]. The second-order valence-electron chi connectivity index (χ2n) is 0.610. The maximum absolute atomic E-state index is 9.10. The first-order valence-corrected chi connectivity index (χ1v) is 1.86. The van der Waals surface area contributed by atoms with E-state index in [4.69, 9.17) is 23.5 Å². The monoisotopic (exact) mass is 369 g/mol. The fourth-order valence-corrected chi connectivity index (χ4v) is 0. The summed E-state index contributed by atoms with van der Waals surface area (Å²) >= 11 is 1.06. The summed E-state index contributed by atoms with van der Waals surface area (Å²) in [4.78, 5) is 18.2. The van der Waals surface area contributed by atoms with Crippen molar-refractivity contribution in [2.24, 2.45) is 0 Å². The second kappa shape index (κ2) is 11.1. The molecule has 0 aromatic carbocycles. The predicted molar refractivity (Wildman–Crippen MR) is 25.9 cm³/mol. The summed E-state index contributed by atoms with van der Waals surface area (Å²) in [6, 6.07) is 0. The van der Waals surface area contributed by atoms with Crippen molar-refractivity contribution >= 4 is 38.1 Å². The predicted octanol–water partition coefficient (Wildman–Crippen LogP) is -2.15. The van der Waals surface area contributed by atoms with Crippen molar-refractivity contribution in [3.8, 4) is 0 Å². The van der Waals surface area contributed by atoms with Crippen LogP contribution < -0.4 is 0 Å². The molecule has 0 aromatic rings. The van der Waals surface area contributed by atoms with Crippen LogP contribution in [0, 0.1) is 0 Å². The third-order valence-corrected chi connectivity index (χ3v) is 0.183. The van der Waals surface area contributed by atoms with Crippen LogP contribution in [-0.4, -0.2) is 48.4 Å². The summed E-state index contributed by atoms with van der Waals surface area (Å²) in [6.07, 6.45) is 0. The molecule has 0 aromatic heterocycles. The number of hydrogen-bond acceptors (Lipinski definition) is 3. The number of carboxylic acids is 2. The van der Waals surface area contributed by atoms with Crippen molar-refractivity contribution in [3.63, 3.8) is 0 Å². The van der Waals surface area contributed by atoms with Gasteiger partial charge in [-0.3, -0.25) is 0 Å². The van der Waals surface area contributed by atoms with Gasteiger partial charge in [-0.05, 0) is 0 Å². The molecule has 0 amide bonds. The van der Waals surface area contributed by atoms with Crippen LogP contribution >= 0.6 is 0 Å². The van der Waals surface area contributed by atoms with Gasteiger partial charge in [0.2, 0.25) is 0 Å². The van der Waals surface area contributed by atoms with Crippen molar-refractivity contribution in [2.75, 3.05) is 0 Å². The normalized spacial score (nSPS) is 5.22. The third-order valence-electron chi connectivity index (χ3n) is 0.183. The molecule has 0 atom stereocenters. The Morgan fingerprint density at radius 2 is 1.11 bits per heavy atom. The molecule has 0 radical (unpaired) electrons. The molecule has 53 valence electrons. The van der Waals surface area contributed by atoms with Crippen LogP contribution in [0.3, 0.4) is 0 Å². The molecule has 7 heteroatoms. The summed E-state index contributed by atoms with van der Waals surface area (Å²) in [5.74, 6) is -3.65. The molecule has 0 saturated heterocycles. The van der Waals surface area contributed by atoms with Gasteiger partial charge in [-0.15, -0.1) is 0 Å². The minimum absolute atomic E-state index is 0. The number of hydrogen-bond donors (Lipinski definition) is 2. The molecule has 0 spiro atoms. The molecule has 0 aliphatic heterocycles. The van der Waals surface area contributed by atoms with E-state index in [1.165, 1.54) is 0 Å². The molecule has 5 nitrogen and oxygen atoms in total. The summed E-state index contributed by atoms with van der Waals surface area (Å²) in [5, 5.41) is 14.8. The maximum atomic E-state index is 9.10. The first-order chi connectivity index (χ1) is 3.64. The first-order valence-electron chi connectivity index (χ1n) is 1.29. The van der Waals surface area contributed by atoms with Gasteiger partial charge in [-0.2, -0.15) is 0 Å². The Morgan fingerprint density at radius 3 is 1.11 bits per heavy atom. The van der Waals surface area contributed by atoms with Crippen LogP contribution in [-0.2, 0) is 30.6 Å². The zero-order valence-electron chi connectivity index (χ0n) is 4.27. The standard InChI is InChI=1S/C2H2O4.Bi.O.V.3H/c3-1(4)2(5)6;;;;;;/h(H,3,4)(H,5,6);;;;;;. The quantitative estimate of drug-likeness (QED) is 0.376. The molecule has 0 fully saturated rings. The van der Waals surface area contributed by atoms with Gasteiger partial charge in [-0.1, -0.05) is 0 Å². The molecular weight excluding hydrogens is 364 g/mol. The van der Waals surface area contributed by atoms with E-state index >= 15 is 0 Å². The number of rotatable bonds is 0. The van der Waals surface area contributed by atoms with Gasteiger partial charge in [0.15, 0.2) is 0 Å². The van der Waals surface area contributed by atoms with Gasteiger partial charge in [0, 0.05) is 0 Å². The molecule has 0 aliphatic rings. The molecule has 9 heavy (non-hydrogen) atoms. The summed E-state index contributed by atoms with van der Waals surface area (Å²) in [7, 11) is 0. The number of aliphatic carboxylic acids is 2. The number of carbonyl (C=O) groups is 2. The van der Waals surface area contributed by atoms with Crippen molar-refractivity contribution in [1.82, 2.24) is 0 Å². The molecule has 0 unspecified atom stereocenters. The average Bonchev–Trinajstić information content (AvgIpc) is 1.72. The summed E-state index contributed by atoms with van der Waals surface area (Å²) in [5.41, 5.74) is 0. The van der Waals surface area contributed by atoms with E-state index < -0.39 is 11.9 Å². The minimum atomic E-state index is -1.82. The Morgan fingerprint density at radius 1 is 1.00 bits per heavy atom. The Kier molecular flexibility index (Phi) is 19.8. The van der Waals surface area contributed by atoms with Crippen LogP contribution in [0.25, 0.3) is 0 Å². The molecule has 0 aliphatic carbocycles. The van der Waals surface area contributed by atoms with Crippen molar-refractivity contribution < 1.29 is 40.8 Å². The van der Waals surface area contributed by atoms with E-state index in [1.807, 2.05) is 0 Å². The first kappa shape index (κ1) is 16.1. The molecular formula is C2H5BiO5V. The Hall–Kier alpha value is 0.208. The zero-order valence-corrected chi connectivity index (χ0v) is 11.2. The van der Waals surface area contributed by atoms with Gasteiger partial charge < -0.3 is 10.2 Å². The fraction of sp³-hybridized carbons (Fsp3) is 0. The van der Waals surface area contributed by atoms with Crippen LogP contribution in [0.2, 0.25) is 0 Å². The molecule has 0 heterocycles. The van der Waals surface area contributed by atoms with Gasteiger partial charge in [0.1, 0.15) is 0 Å². The molecule has 2 N–H and O–H groups in total. The Labute approximate surface area is 78.8 Å². The Bertz CT molecular complexity index is 91.1. The van der Waals surface area contributed by atoms with Crippen molar-refractivity contribution in [2.45, 2.75) is 0 Å². The molecule has 0 saturated carbocycles. The van der Waals surface area contributed by atoms with Crippen molar-refractivity contribution in [3.05, 3.63) is 0 Å². The van der Waals surface area contributed by atoms with E-state index in [2.05, 4.69) is 0 Å². The fourth-order valence-electron chi connectivity index (χ4n) is 0. The van der Waals surface area contributed by atoms with Crippen LogP contribution in [0.5, 0.6) is 0 Å². The van der Waals surface area contributed by atoms with Gasteiger partial charge >= 0.3 is 59.2 Å². The molecule has 0 bridgehead atoms. The average molecular weight is 369 g/mol. The molecule has 0 rings (SSSR count). The summed E-state index contributed by atoms with van der Waals surface area (Å²) < 4.78 is 8.19. The van der Waals surface area contributed by atoms with Crippen LogP contribution in [0.1, 0.15) is 0 Å². The van der Waals surface area contributed by atoms with Gasteiger partial charge in [0.25, 0.3) is 0 Å². The van der Waals surface area contributed by atoms with Gasteiger partial charge in [0.05, 0.1) is 0 Å². The summed E-state index contributed by atoms with van der Waals surface area (Å²) in [6.45, 7) is 0. The van der Waals surface area contributed by atoms with E-state index in [9.17, 15) is 0 Å². The second-order valence-corrected chi connectivity index (χ2v) is 0.610. The van der Waals surface area contributed by atoms with E-state index in [1.54, 1.807) is 0 Å². The van der Waals surface area contributed by atoms with Crippen molar-refractivity contribution in [1.29, 1.82) is 0 Å².